The fraction of sp³-hybridized carbons (Fsp3) is 0.259. The smallest absolute Gasteiger partial charge is 0.410 e. The van der Waals surface area contributed by atoms with Crippen LogP contribution in [0.1, 0.15) is 30.3 Å². The highest BCUT2D eigenvalue weighted by atomic mass is 16.6. The van der Waals surface area contributed by atoms with Gasteiger partial charge < -0.3 is 19.2 Å². The molecule has 7 heteroatoms. The second kappa shape index (κ2) is 9.47. The number of hydrogen-bond acceptors (Lipinski definition) is 5. The number of H-pyrrole nitrogens is 1. The Hall–Kier alpha value is -4.00. The van der Waals surface area contributed by atoms with Gasteiger partial charge >= 0.3 is 6.09 Å². The molecule has 0 aliphatic carbocycles. The monoisotopic (exact) mass is 457 g/mol. The van der Waals surface area contributed by atoms with Crippen LogP contribution in [0.4, 0.5) is 4.79 Å². The number of likely N-dealkylation sites (tertiary alicyclic amines) is 1. The number of hydrogen-bond donors (Lipinski definition) is 1. The highest BCUT2D eigenvalue weighted by Gasteiger charge is 2.33. The second-order valence-corrected chi connectivity index (χ2v) is 8.31. The first-order valence-electron chi connectivity index (χ1n) is 11.4. The van der Waals surface area contributed by atoms with E-state index in [4.69, 9.17) is 19.2 Å². The third-order valence-corrected chi connectivity index (χ3v) is 6.23. The minimum absolute atomic E-state index is 0.130. The number of rotatable bonds is 6. The summed E-state index contributed by atoms with van der Waals surface area (Å²) in [4.78, 5) is 22.8. The van der Waals surface area contributed by atoms with Crippen molar-refractivity contribution >= 4 is 17.1 Å². The van der Waals surface area contributed by atoms with Crippen LogP contribution in [0.15, 0.2) is 66.7 Å². The molecular formula is C27H27N3O4. The molecule has 0 unspecified atom stereocenters. The van der Waals surface area contributed by atoms with E-state index >= 15 is 0 Å². The van der Waals surface area contributed by atoms with E-state index in [1.165, 1.54) is 0 Å². The zero-order chi connectivity index (χ0) is 23.5. The van der Waals surface area contributed by atoms with Crippen LogP contribution >= 0.6 is 0 Å². The number of benzene rings is 3. The SMILES string of the molecule is COc1ccc(-c2ccc3nc([C@@H]4CCCN4C(=O)OCc4ccccc4)[nH]c3c2)c(OC)c1. The molecule has 1 N–H and O–H groups in total. The van der Waals surface area contributed by atoms with Gasteiger partial charge in [0.15, 0.2) is 0 Å². The maximum absolute atomic E-state index is 12.8. The molecule has 7 nitrogen and oxygen atoms in total. The van der Waals surface area contributed by atoms with Crippen molar-refractivity contribution in [3.05, 3.63) is 78.1 Å². The largest absolute Gasteiger partial charge is 0.497 e. The fourth-order valence-corrected chi connectivity index (χ4v) is 4.46. The molecule has 1 saturated heterocycles. The summed E-state index contributed by atoms with van der Waals surface area (Å²) in [6.45, 7) is 0.916. The molecule has 1 atom stereocenters. The number of fused-ring (bicyclic) bond motifs is 1. The number of carbonyl (C=O) groups excluding carboxylic acids is 1. The Balaban J connectivity index is 1.37. The van der Waals surface area contributed by atoms with Crippen molar-refractivity contribution in [2.45, 2.75) is 25.5 Å². The summed E-state index contributed by atoms with van der Waals surface area (Å²) in [6.07, 6.45) is 1.45. The quantitative estimate of drug-likeness (QED) is 0.401. The lowest BCUT2D eigenvalue weighted by molar-refractivity contribution is 0.0910. The Kier molecular flexibility index (Phi) is 6.08. The first-order chi connectivity index (χ1) is 16.7. The van der Waals surface area contributed by atoms with Gasteiger partial charge in [0.2, 0.25) is 0 Å². The Morgan fingerprint density at radius 1 is 1.06 bits per heavy atom. The van der Waals surface area contributed by atoms with Gasteiger partial charge in [-0.3, -0.25) is 4.90 Å². The van der Waals surface area contributed by atoms with Gasteiger partial charge in [0.1, 0.15) is 23.9 Å². The van der Waals surface area contributed by atoms with Gasteiger partial charge in [-0.1, -0.05) is 36.4 Å². The van der Waals surface area contributed by atoms with Gasteiger partial charge in [-0.2, -0.15) is 0 Å². The van der Waals surface area contributed by atoms with Crippen molar-refractivity contribution in [2.75, 3.05) is 20.8 Å². The van der Waals surface area contributed by atoms with Gasteiger partial charge in [0, 0.05) is 18.2 Å². The number of aromatic amines is 1. The minimum atomic E-state index is -0.310. The lowest BCUT2D eigenvalue weighted by Crippen LogP contribution is -2.31. The third kappa shape index (κ3) is 4.29. The zero-order valence-electron chi connectivity index (χ0n) is 19.3. The summed E-state index contributed by atoms with van der Waals surface area (Å²) in [5.74, 6) is 2.26. The minimum Gasteiger partial charge on any atom is -0.497 e. The van der Waals surface area contributed by atoms with E-state index < -0.39 is 0 Å². The van der Waals surface area contributed by atoms with Crippen LogP contribution in [0.3, 0.4) is 0 Å². The van der Waals surface area contributed by atoms with Crippen LogP contribution in [0.2, 0.25) is 0 Å². The van der Waals surface area contributed by atoms with Gasteiger partial charge in [-0.25, -0.2) is 9.78 Å². The molecule has 3 aromatic carbocycles. The molecule has 1 aliphatic heterocycles. The van der Waals surface area contributed by atoms with Crippen LogP contribution in [0, 0.1) is 0 Å². The zero-order valence-corrected chi connectivity index (χ0v) is 19.3. The summed E-state index contributed by atoms with van der Waals surface area (Å²) in [7, 11) is 3.28. The molecule has 1 amide bonds. The molecule has 1 fully saturated rings. The van der Waals surface area contributed by atoms with E-state index in [1.807, 2.05) is 60.7 Å². The number of amides is 1. The maximum atomic E-state index is 12.8. The Morgan fingerprint density at radius 3 is 2.71 bits per heavy atom. The number of nitrogens with zero attached hydrogens (tertiary/aromatic N) is 2. The van der Waals surface area contributed by atoms with Crippen molar-refractivity contribution < 1.29 is 19.0 Å². The Bertz CT molecular complexity index is 1300. The number of carbonyl (C=O) groups is 1. The summed E-state index contributed by atoms with van der Waals surface area (Å²) >= 11 is 0. The summed E-state index contributed by atoms with van der Waals surface area (Å²) in [5.41, 5.74) is 4.71. The van der Waals surface area contributed by atoms with Crippen molar-refractivity contribution in [3.8, 4) is 22.6 Å². The molecule has 174 valence electrons. The van der Waals surface area contributed by atoms with Crippen LogP contribution in [0.25, 0.3) is 22.2 Å². The second-order valence-electron chi connectivity index (χ2n) is 8.31. The van der Waals surface area contributed by atoms with Crippen molar-refractivity contribution in [3.63, 3.8) is 0 Å². The molecule has 5 rings (SSSR count). The molecule has 34 heavy (non-hydrogen) atoms. The fourth-order valence-electron chi connectivity index (χ4n) is 4.46. The maximum Gasteiger partial charge on any atom is 0.410 e. The molecular weight excluding hydrogens is 430 g/mol. The predicted molar refractivity (Wildman–Crippen MR) is 130 cm³/mol. The van der Waals surface area contributed by atoms with E-state index in [1.54, 1.807) is 19.1 Å². The summed E-state index contributed by atoms with van der Waals surface area (Å²) < 4.78 is 16.5. The van der Waals surface area contributed by atoms with Crippen LogP contribution in [0.5, 0.6) is 11.5 Å². The van der Waals surface area contributed by atoms with Gasteiger partial charge in [0.05, 0.1) is 31.3 Å². The molecule has 1 aliphatic rings. The Labute approximate surface area is 198 Å². The lowest BCUT2D eigenvalue weighted by Gasteiger charge is -2.22. The van der Waals surface area contributed by atoms with E-state index in [0.717, 1.165) is 57.9 Å². The van der Waals surface area contributed by atoms with Crippen LogP contribution < -0.4 is 9.47 Å². The van der Waals surface area contributed by atoms with E-state index in [-0.39, 0.29) is 18.7 Å². The van der Waals surface area contributed by atoms with Crippen molar-refractivity contribution in [2.24, 2.45) is 0 Å². The van der Waals surface area contributed by atoms with Crippen LogP contribution in [-0.2, 0) is 11.3 Å². The highest BCUT2D eigenvalue weighted by Crippen LogP contribution is 2.36. The molecule has 0 spiro atoms. The van der Waals surface area contributed by atoms with Crippen LogP contribution in [-0.4, -0.2) is 41.7 Å². The molecule has 0 radical (unpaired) electrons. The van der Waals surface area contributed by atoms with E-state index in [9.17, 15) is 4.79 Å². The Morgan fingerprint density at radius 2 is 1.91 bits per heavy atom. The van der Waals surface area contributed by atoms with Crippen molar-refractivity contribution in [1.82, 2.24) is 14.9 Å². The summed E-state index contributed by atoms with van der Waals surface area (Å²) in [6, 6.07) is 21.4. The number of nitrogens with one attached hydrogen (secondary N) is 1. The third-order valence-electron chi connectivity index (χ3n) is 6.23. The molecule has 4 aromatic rings. The predicted octanol–water partition coefficient (Wildman–Crippen LogP) is 5.72. The topological polar surface area (TPSA) is 76.7 Å². The van der Waals surface area contributed by atoms with Gasteiger partial charge in [0.25, 0.3) is 0 Å². The van der Waals surface area contributed by atoms with E-state index in [0.29, 0.717) is 6.54 Å². The average Bonchev–Trinajstić information content (AvgIpc) is 3.54. The molecule has 1 aromatic heterocycles. The van der Waals surface area contributed by atoms with E-state index in [2.05, 4.69) is 11.1 Å². The first-order valence-corrected chi connectivity index (χ1v) is 11.4. The first kappa shape index (κ1) is 21.8. The van der Waals surface area contributed by atoms with Gasteiger partial charge in [-0.05, 0) is 48.2 Å². The molecule has 0 saturated carbocycles. The number of ether oxygens (including phenoxy) is 3. The number of imidazole rings is 1. The van der Waals surface area contributed by atoms with Crippen molar-refractivity contribution in [1.29, 1.82) is 0 Å². The average molecular weight is 458 g/mol. The summed E-state index contributed by atoms with van der Waals surface area (Å²) in [5, 5.41) is 0. The highest BCUT2D eigenvalue weighted by molar-refractivity contribution is 5.84. The normalized spacial score (nSPS) is 15.5. The number of aromatic nitrogens is 2. The van der Waals surface area contributed by atoms with Gasteiger partial charge in [-0.15, -0.1) is 0 Å². The lowest BCUT2D eigenvalue weighted by atomic mass is 10.0. The molecule has 0 bridgehead atoms. The molecule has 2 heterocycles. The number of methoxy groups -OCH3 is 2. The standard InChI is InChI=1S/C27H27N3O4/c1-32-20-11-12-21(25(16-20)33-2)19-10-13-22-23(15-19)29-26(28-22)24-9-6-14-30(24)27(31)34-17-18-7-4-3-5-8-18/h3-5,7-8,10-13,15-16,24H,6,9,14,17H2,1-2H3,(H,28,29)/t24-/m0/s1.